The van der Waals surface area contributed by atoms with Crippen LogP contribution in [0.25, 0.3) is 0 Å². The van der Waals surface area contributed by atoms with Gasteiger partial charge < -0.3 is 5.11 Å². The summed E-state index contributed by atoms with van der Waals surface area (Å²) in [6, 6.07) is 6.69. The quantitative estimate of drug-likeness (QED) is 0.835. The third-order valence-corrected chi connectivity index (χ3v) is 5.02. The zero-order valence-corrected chi connectivity index (χ0v) is 13.4. The smallest absolute Gasteiger partial charge is 0.339 e. The minimum Gasteiger partial charge on any atom is -0.478 e. The molecule has 1 aromatic heterocycles. The number of rotatable bonds is 4. The third-order valence-electron chi connectivity index (χ3n) is 2.47. The van der Waals surface area contributed by atoms with Crippen LogP contribution >= 0.6 is 27.5 Å². The first-order valence-electron chi connectivity index (χ1n) is 5.47. The predicted octanol–water partition coefficient (Wildman–Crippen LogP) is 3.00. The van der Waals surface area contributed by atoms with Gasteiger partial charge in [-0.25, -0.2) is 18.2 Å². The topological polar surface area (TPSA) is 96.4 Å². The van der Waals surface area contributed by atoms with Gasteiger partial charge in [-0.05, 0) is 46.3 Å². The first kappa shape index (κ1) is 15.7. The summed E-state index contributed by atoms with van der Waals surface area (Å²) in [5.41, 5.74) is -0.242. The minimum atomic E-state index is -3.97. The number of anilines is 1. The van der Waals surface area contributed by atoms with E-state index in [0.29, 0.717) is 9.50 Å². The summed E-state index contributed by atoms with van der Waals surface area (Å²) in [5.74, 6) is -1.53. The molecule has 0 aliphatic rings. The van der Waals surface area contributed by atoms with Crippen molar-refractivity contribution in [3.05, 3.63) is 51.6 Å². The molecule has 0 fully saturated rings. The fourth-order valence-corrected chi connectivity index (χ4v) is 3.19. The Bertz CT molecular complexity index is 811. The highest BCUT2D eigenvalue weighted by Crippen LogP contribution is 2.26. The fourth-order valence-electron chi connectivity index (χ4n) is 1.49. The zero-order valence-electron chi connectivity index (χ0n) is 10.2. The van der Waals surface area contributed by atoms with Gasteiger partial charge in [-0.15, -0.1) is 0 Å². The largest absolute Gasteiger partial charge is 0.478 e. The molecule has 0 bridgehead atoms. The number of carbonyl (C=O) groups is 1. The highest BCUT2D eigenvalue weighted by molar-refractivity contribution is 9.10. The molecule has 9 heteroatoms. The van der Waals surface area contributed by atoms with Gasteiger partial charge >= 0.3 is 5.97 Å². The normalized spacial score (nSPS) is 11.1. The number of aromatic carboxylic acids is 1. The van der Waals surface area contributed by atoms with Crippen LogP contribution in [-0.2, 0) is 10.0 Å². The lowest BCUT2D eigenvalue weighted by Crippen LogP contribution is -2.16. The van der Waals surface area contributed by atoms with Crippen LogP contribution in [0.3, 0.4) is 0 Å². The molecule has 110 valence electrons. The van der Waals surface area contributed by atoms with Gasteiger partial charge in [0.15, 0.2) is 5.82 Å². The number of halogens is 2. The molecule has 0 saturated heterocycles. The summed E-state index contributed by atoms with van der Waals surface area (Å²) in [6.45, 7) is 0. The van der Waals surface area contributed by atoms with E-state index in [1.54, 1.807) is 0 Å². The molecule has 1 heterocycles. The predicted molar refractivity (Wildman–Crippen MR) is 81.2 cm³/mol. The van der Waals surface area contributed by atoms with Gasteiger partial charge in [-0.2, -0.15) is 0 Å². The molecule has 0 atom stereocenters. The number of hydrogen-bond donors (Lipinski definition) is 2. The molecule has 6 nitrogen and oxygen atoms in total. The average molecular weight is 392 g/mol. The lowest BCUT2D eigenvalue weighted by molar-refractivity contribution is 0.0697. The van der Waals surface area contributed by atoms with Gasteiger partial charge in [0.25, 0.3) is 10.0 Å². The summed E-state index contributed by atoms with van der Waals surface area (Å²) in [7, 11) is -3.97. The molecule has 0 aliphatic carbocycles. The average Bonchev–Trinajstić information content (AvgIpc) is 2.41. The number of carboxylic acids is 1. The van der Waals surface area contributed by atoms with Crippen molar-refractivity contribution in [3.8, 4) is 0 Å². The van der Waals surface area contributed by atoms with Crippen LogP contribution in [0.4, 0.5) is 5.82 Å². The summed E-state index contributed by atoms with van der Waals surface area (Å²) < 4.78 is 27.0. The second-order valence-corrected chi connectivity index (χ2v) is 6.83. The van der Waals surface area contributed by atoms with Crippen LogP contribution in [0.1, 0.15) is 10.4 Å². The van der Waals surface area contributed by atoms with Crippen LogP contribution in [0.2, 0.25) is 5.02 Å². The number of carboxylic acid groups (broad SMARTS) is 1. The Morgan fingerprint density at radius 1 is 1.33 bits per heavy atom. The molecule has 1 aromatic carbocycles. The molecule has 0 spiro atoms. The number of benzene rings is 1. The van der Waals surface area contributed by atoms with Crippen LogP contribution in [0, 0.1) is 0 Å². The Morgan fingerprint density at radius 3 is 2.67 bits per heavy atom. The second-order valence-electron chi connectivity index (χ2n) is 3.89. The first-order chi connectivity index (χ1) is 9.81. The van der Waals surface area contributed by atoms with Crippen molar-refractivity contribution in [1.29, 1.82) is 0 Å². The second kappa shape index (κ2) is 6.00. The van der Waals surface area contributed by atoms with Crippen LogP contribution in [0.5, 0.6) is 0 Å². The number of aromatic nitrogens is 1. The standard InChI is InChI=1S/C12H8BrClN2O4S/c13-9-6-7(3-4-10(9)14)21(19,20)16-11-8(12(17)18)2-1-5-15-11/h1-6H,(H,15,16)(H,17,18). The lowest BCUT2D eigenvalue weighted by Gasteiger charge is -2.10. The van der Waals surface area contributed by atoms with Gasteiger partial charge in [-0.3, -0.25) is 4.72 Å². The Hall–Kier alpha value is -1.64. The monoisotopic (exact) mass is 390 g/mol. The third kappa shape index (κ3) is 3.52. The van der Waals surface area contributed by atoms with Crippen molar-refractivity contribution in [2.75, 3.05) is 4.72 Å². The van der Waals surface area contributed by atoms with Gasteiger partial charge in [0, 0.05) is 10.7 Å². The van der Waals surface area contributed by atoms with Crippen molar-refractivity contribution >= 4 is 49.3 Å². The van der Waals surface area contributed by atoms with Crippen molar-refractivity contribution in [1.82, 2.24) is 4.98 Å². The summed E-state index contributed by atoms with van der Waals surface area (Å²) >= 11 is 8.93. The molecule has 0 unspecified atom stereocenters. The zero-order chi connectivity index (χ0) is 15.6. The van der Waals surface area contributed by atoms with Gasteiger partial charge in [0.2, 0.25) is 0 Å². The fraction of sp³-hybridized carbons (Fsp3) is 0. The molecule has 0 saturated carbocycles. The number of hydrogen-bond acceptors (Lipinski definition) is 4. The van der Waals surface area contributed by atoms with E-state index in [1.807, 2.05) is 0 Å². The Balaban J connectivity index is 2.42. The van der Waals surface area contributed by atoms with Crippen LogP contribution < -0.4 is 4.72 Å². The van der Waals surface area contributed by atoms with Crippen molar-refractivity contribution < 1.29 is 18.3 Å². The highest BCUT2D eigenvalue weighted by Gasteiger charge is 2.20. The molecule has 0 amide bonds. The van der Waals surface area contributed by atoms with Crippen molar-refractivity contribution in [3.63, 3.8) is 0 Å². The van der Waals surface area contributed by atoms with E-state index in [9.17, 15) is 13.2 Å². The van der Waals surface area contributed by atoms with Gasteiger partial charge in [0.1, 0.15) is 5.56 Å². The molecule has 2 rings (SSSR count). The first-order valence-corrected chi connectivity index (χ1v) is 8.13. The van der Waals surface area contributed by atoms with E-state index in [1.165, 1.54) is 36.5 Å². The van der Waals surface area contributed by atoms with Crippen LogP contribution in [0.15, 0.2) is 45.9 Å². The molecule has 0 radical (unpaired) electrons. The lowest BCUT2D eigenvalue weighted by atomic mass is 10.3. The minimum absolute atomic E-state index is 0.0687. The summed E-state index contributed by atoms with van der Waals surface area (Å²) in [6.07, 6.45) is 1.29. The summed E-state index contributed by atoms with van der Waals surface area (Å²) in [4.78, 5) is 14.7. The van der Waals surface area contributed by atoms with Gasteiger partial charge in [0.05, 0.1) is 9.92 Å². The van der Waals surface area contributed by atoms with E-state index in [4.69, 9.17) is 16.7 Å². The van der Waals surface area contributed by atoms with E-state index < -0.39 is 16.0 Å². The Kier molecular flexibility index (Phi) is 4.50. The maximum absolute atomic E-state index is 12.2. The Morgan fingerprint density at radius 2 is 2.05 bits per heavy atom. The molecule has 21 heavy (non-hydrogen) atoms. The molecule has 2 N–H and O–H groups in total. The highest BCUT2D eigenvalue weighted by atomic mass is 79.9. The number of nitrogens with one attached hydrogen (secondary N) is 1. The molecular weight excluding hydrogens is 384 g/mol. The number of nitrogens with zero attached hydrogens (tertiary/aromatic N) is 1. The van der Waals surface area contributed by atoms with E-state index in [0.717, 1.165) is 0 Å². The SMILES string of the molecule is O=C(O)c1cccnc1NS(=O)(=O)c1ccc(Cl)c(Br)c1. The maximum Gasteiger partial charge on any atom is 0.339 e. The molecular formula is C12H8BrClN2O4S. The Labute approximate surface area is 134 Å². The number of pyridine rings is 1. The number of sulfonamides is 1. The van der Waals surface area contributed by atoms with E-state index in [-0.39, 0.29) is 16.3 Å². The molecule has 2 aromatic rings. The van der Waals surface area contributed by atoms with Gasteiger partial charge in [-0.1, -0.05) is 11.6 Å². The summed E-state index contributed by atoms with van der Waals surface area (Å²) in [5, 5.41) is 9.37. The van der Waals surface area contributed by atoms with Crippen LogP contribution in [-0.4, -0.2) is 24.5 Å². The molecule has 0 aliphatic heterocycles. The maximum atomic E-state index is 12.2. The van der Waals surface area contributed by atoms with E-state index >= 15 is 0 Å². The van der Waals surface area contributed by atoms with Crippen molar-refractivity contribution in [2.45, 2.75) is 4.90 Å². The van der Waals surface area contributed by atoms with E-state index in [2.05, 4.69) is 25.6 Å². The van der Waals surface area contributed by atoms with Crippen molar-refractivity contribution in [2.24, 2.45) is 0 Å².